The van der Waals surface area contributed by atoms with Gasteiger partial charge in [-0.1, -0.05) is 45.7 Å². The minimum absolute atomic E-state index is 0.0816. The average Bonchev–Trinajstić information content (AvgIpc) is 3.01. The Morgan fingerprint density at radius 1 is 1.19 bits per heavy atom. The average molecular weight is 463 g/mol. The number of anilines is 1. The topological polar surface area (TPSA) is 54.9 Å². The van der Waals surface area contributed by atoms with Crippen LogP contribution in [0.15, 0.2) is 46.9 Å². The minimum Gasteiger partial charge on any atom is -0.297 e. The number of carbonyl (C=O) groups is 1. The fourth-order valence-corrected chi connectivity index (χ4v) is 3.60. The molecule has 0 unspecified atom stereocenters. The molecule has 0 radical (unpaired) electrons. The van der Waals surface area contributed by atoms with E-state index in [-0.39, 0.29) is 22.1 Å². The zero-order valence-electron chi connectivity index (χ0n) is 12.6. The Labute approximate surface area is 163 Å². The molecular weight excluding hydrogens is 455 g/mol. The Bertz CT molecular complexity index is 957. The van der Waals surface area contributed by atoms with E-state index in [0.717, 1.165) is 17.6 Å². The molecule has 26 heavy (non-hydrogen) atoms. The number of hydrogen-bond donors (Lipinski definition) is 1. The highest BCUT2D eigenvalue weighted by Crippen LogP contribution is 2.36. The number of nitrogens with zero attached hydrogens (tertiary/aromatic N) is 2. The molecule has 0 saturated carbocycles. The lowest BCUT2D eigenvalue weighted by Crippen LogP contribution is -2.11. The van der Waals surface area contributed by atoms with Gasteiger partial charge in [0.15, 0.2) is 5.82 Å². The van der Waals surface area contributed by atoms with E-state index >= 15 is 0 Å². The minimum atomic E-state index is -4.53. The van der Waals surface area contributed by atoms with Crippen molar-refractivity contribution in [3.8, 4) is 11.4 Å². The van der Waals surface area contributed by atoms with E-state index in [1.807, 2.05) is 0 Å². The summed E-state index contributed by atoms with van der Waals surface area (Å²) in [4.78, 5) is 16.3. The van der Waals surface area contributed by atoms with Crippen molar-refractivity contribution in [2.45, 2.75) is 6.18 Å². The Balaban J connectivity index is 1.86. The lowest BCUT2D eigenvalue weighted by Gasteiger charge is -2.09. The molecule has 0 aliphatic carbocycles. The van der Waals surface area contributed by atoms with Gasteiger partial charge in [-0.25, -0.2) is 0 Å². The van der Waals surface area contributed by atoms with Crippen LogP contribution in [0, 0.1) is 0 Å². The second-order valence-corrected chi connectivity index (χ2v) is 7.18. The third-order valence-corrected chi connectivity index (χ3v) is 4.55. The van der Waals surface area contributed by atoms with Crippen molar-refractivity contribution < 1.29 is 18.0 Å². The van der Waals surface area contributed by atoms with Gasteiger partial charge >= 0.3 is 6.18 Å². The lowest BCUT2D eigenvalue weighted by molar-refractivity contribution is -0.137. The Morgan fingerprint density at radius 3 is 2.62 bits per heavy atom. The summed E-state index contributed by atoms with van der Waals surface area (Å²) in [5.74, 6) is -0.606. The van der Waals surface area contributed by atoms with Crippen LogP contribution >= 0.6 is 39.1 Å². The van der Waals surface area contributed by atoms with E-state index in [2.05, 4.69) is 30.6 Å². The largest absolute Gasteiger partial charge is 0.417 e. The van der Waals surface area contributed by atoms with E-state index in [1.165, 1.54) is 24.3 Å². The molecule has 0 atom stereocenters. The summed E-state index contributed by atoms with van der Waals surface area (Å²) in [6.07, 6.45) is -4.53. The number of hydrogen-bond acceptors (Lipinski definition) is 4. The lowest BCUT2D eigenvalue weighted by atomic mass is 10.1. The molecule has 1 N–H and O–H groups in total. The van der Waals surface area contributed by atoms with Crippen LogP contribution in [0.1, 0.15) is 15.9 Å². The standard InChI is InChI=1S/C16H8BrClF3N3OS/c17-9-5-8(6-10(18)7-9)14(25)23-15-22-13(24-26-15)11-3-1-2-4-12(11)16(19,20)21/h1-7H,(H,22,23,24,25). The van der Waals surface area contributed by atoms with Crippen molar-refractivity contribution in [3.63, 3.8) is 0 Å². The molecule has 1 amide bonds. The normalized spacial score (nSPS) is 11.4. The Kier molecular flexibility index (Phi) is 5.31. The quantitative estimate of drug-likeness (QED) is 0.528. The first-order chi connectivity index (χ1) is 12.2. The number of nitrogens with one attached hydrogen (secondary N) is 1. The molecule has 3 aromatic rings. The zero-order valence-corrected chi connectivity index (χ0v) is 15.8. The van der Waals surface area contributed by atoms with E-state index in [4.69, 9.17) is 11.6 Å². The van der Waals surface area contributed by atoms with Crippen molar-refractivity contribution in [1.29, 1.82) is 0 Å². The molecule has 1 heterocycles. The smallest absolute Gasteiger partial charge is 0.297 e. The third-order valence-electron chi connectivity index (χ3n) is 3.24. The summed E-state index contributed by atoms with van der Waals surface area (Å²) in [5.41, 5.74) is -0.714. The van der Waals surface area contributed by atoms with Gasteiger partial charge in [0.2, 0.25) is 5.13 Å². The number of amides is 1. The van der Waals surface area contributed by atoms with E-state index in [1.54, 1.807) is 12.1 Å². The maximum atomic E-state index is 13.1. The summed E-state index contributed by atoms with van der Waals surface area (Å²) in [6.45, 7) is 0. The van der Waals surface area contributed by atoms with Gasteiger partial charge < -0.3 is 0 Å². The first-order valence-electron chi connectivity index (χ1n) is 7.02. The van der Waals surface area contributed by atoms with Crippen molar-refractivity contribution in [3.05, 3.63) is 63.1 Å². The van der Waals surface area contributed by atoms with E-state index in [0.29, 0.717) is 9.50 Å². The van der Waals surface area contributed by atoms with Gasteiger partial charge in [0, 0.05) is 32.2 Å². The number of aromatic nitrogens is 2. The van der Waals surface area contributed by atoms with Crippen molar-refractivity contribution in [2.24, 2.45) is 0 Å². The molecule has 4 nitrogen and oxygen atoms in total. The Hall–Kier alpha value is -1.97. The third kappa shape index (κ3) is 4.22. The first-order valence-corrected chi connectivity index (χ1v) is 8.96. The molecule has 2 aromatic carbocycles. The van der Waals surface area contributed by atoms with Gasteiger partial charge in [-0.3, -0.25) is 10.1 Å². The molecule has 0 saturated heterocycles. The summed E-state index contributed by atoms with van der Waals surface area (Å²) < 4.78 is 43.9. The Morgan fingerprint density at radius 2 is 1.92 bits per heavy atom. The molecular formula is C16H8BrClF3N3OS. The van der Waals surface area contributed by atoms with Crippen molar-refractivity contribution >= 4 is 50.1 Å². The highest BCUT2D eigenvalue weighted by Gasteiger charge is 2.34. The van der Waals surface area contributed by atoms with Crippen molar-refractivity contribution in [2.75, 3.05) is 5.32 Å². The monoisotopic (exact) mass is 461 g/mol. The first kappa shape index (κ1) is 18.8. The molecule has 134 valence electrons. The molecule has 0 aliphatic rings. The van der Waals surface area contributed by atoms with Crippen LogP contribution in [0.2, 0.25) is 5.02 Å². The van der Waals surface area contributed by atoms with Crippen LogP contribution in [-0.2, 0) is 6.18 Å². The number of alkyl halides is 3. The fraction of sp³-hybridized carbons (Fsp3) is 0.0625. The fourth-order valence-electron chi connectivity index (χ4n) is 2.16. The van der Waals surface area contributed by atoms with Crippen LogP contribution < -0.4 is 5.32 Å². The zero-order chi connectivity index (χ0) is 18.9. The van der Waals surface area contributed by atoms with Gasteiger partial charge in [0.25, 0.3) is 5.91 Å². The van der Waals surface area contributed by atoms with Gasteiger partial charge in [0.1, 0.15) is 0 Å². The van der Waals surface area contributed by atoms with Crippen LogP contribution in [-0.4, -0.2) is 15.3 Å². The van der Waals surface area contributed by atoms with Gasteiger partial charge in [-0.05, 0) is 24.3 Å². The van der Waals surface area contributed by atoms with Gasteiger partial charge in [0.05, 0.1) is 5.56 Å². The molecule has 3 rings (SSSR count). The van der Waals surface area contributed by atoms with Gasteiger partial charge in [-0.15, -0.1) is 0 Å². The number of carbonyl (C=O) groups excluding carboxylic acids is 1. The van der Waals surface area contributed by atoms with Crippen molar-refractivity contribution in [1.82, 2.24) is 9.36 Å². The highest BCUT2D eigenvalue weighted by atomic mass is 79.9. The predicted molar refractivity (Wildman–Crippen MR) is 97.5 cm³/mol. The number of halogens is 5. The molecule has 10 heteroatoms. The SMILES string of the molecule is O=C(Nc1nc(-c2ccccc2C(F)(F)F)ns1)c1cc(Cl)cc(Br)c1. The molecule has 0 fully saturated rings. The summed E-state index contributed by atoms with van der Waals surface area (Å²) in [7, 11) is 0. The molecule has 0 aliphatic heterocycles. The second-order valence-electron chi connectivity index (χ2n) is 5.08. The number of benzene rings is 2. The molecule has 1 aromatic heterocycles. The maximum absolute atomic E-state index is 13.1. The summed E-state index contributed by atoms with van der Waals surface area (Å²) in [5, 5.41) is 2.95. The van der Waals surface area contributed by atoms with Gasteiger partial charge in [-0.2, -0.15) is 22.5 Å². The molecule has 0 spiro atoms. The summed E-state index contributed by atoms with van der Waals surface area (Å²) in [6, 6.07) is 9.63. The van der Waals surface area contributed by atoms with Crippen LogP contribution in [0.5, 0.6) is 0 Å². The highest BCUT2D eigenvalue weighted by molar-refractivity contribution is 9.10. The maximum Gasteiger partial charge on any atom is 0.417 e. The summed E-state index contributed by atoms with van der Waals surface area (Å²) >= 11 is 9.92. The van der Waals surface area contributed by atoms with Crippen LogP contribution in [0.4, 0.5) is 18.3 Å². The van der Waals surface area contributed by atoms with Crippen LogP contribution in [0.25, 0.3) is 11.4 Å². The molecule has 0 bridgehead atoms. The van der Waals surface area contributed by atoms with E-state index < -0.39 is 17.6 Å². The van der Waals surface area contributed by atoms with E-state index in [9.17, 15) is 18.0 Å². The second kappa shape index (κ2) is 7.34. The number of rotatable bonds is 3. The predicted octanol–water partition coefficient (Wildman–Crippen LogP) is 5.89. The van der Waals surface area contributed by atoms with Crippen LogP contribution in [0.3, 0.4) is 0 Å².